The Kier molecular flexibility index (Phi) is 5.15. The SMILES string of the molecule is COc1ccc(OC)c(S(=O)(=O)Oc2ccc(C(C)C)cc2)c1. The summed E-state index contributed by atoms with van der Waals surface area (Å²) in [7, 11) is -1.16. The summed E-state index contributed by atoms with van der Waals surface area (Å²) in [4.78, 5) is -0.0766. The van der Waals surface area contributed by atoms with Gasteiger partial charge in [0.1, 0.15) is 17.2 Å². The fraction of sp³-hybridized carbons (Fsp3) is 0.294. The van der Waals surface area contributed by atoms with Crippen molar-refractivity contribution in [1.29, 1.82) is 0 Å². The number of hydrogen-bond donors (Lipinski definition) is 0. The molecule has 0 aliphatic rings. The van der Waals surface area contributed by atoms with E-state index in [-0.39, 0.29) is 16.4 Å². The molecule has 6 heteroatoms. The average Bonchev–Trinajstić information content (AvgIpc) is 2.54. The topological polar surface area (TPSA) is 61.8 Å². The molecule has 0 spiro atoms. The van der Waals surface area contributed by atoms with Crippen LogP contribution in [0.5, 0.6) is 17.2 Å². The Morgan fingerprint density at radius 3 is 2.00 bits per heavy atom. The van der Waals surface area contributed by atoms with Crippen LogP contribution in [-0.2, 0) is 10.1 Å². The molecule has 0 atom stereocenters. The van der Waals surface area contributed by atoms with E-state index in [1.807, 2.05) is 12.1 Å². The first kappa shape index (κ1) is 17.1. The first-order chi connectivity index (χ1) is 10.9. The summed E-state index contributed by atoms with van der Waals surface area (Å²) in [5, 5.41) is 0. The first-order valence-electron chi connectivity index (χ1n) is 7.14. The molecule has 5 nitrogen and oxygen atoms in total. The van der Waals surface area contributed by atoms with Gasteiger partial charge in [0, 0.05) is 6.07 Å². The molecule has 0 saturated heterocycles. The van der Waals surface area contributed by atoms with Crippen LogP contribution in [0.25, 0.3) is 0 Å². The molecule has 0 aromatic heterocycles. The van der Waals surface area contributed by atoms with Crippen LogP contribution in [0.3, 0.4) is 0 Å². The molecular weight excluding hydrogens is 316 g/mol. The van der Waals surface area contributed by atoms with Gasteiger partial charge in [-0.25, -0.2) is 0 Å². The van der Waals surface area contributed by atoms with E-state index in [0.29, 0.717) is 11.7 Å². The molecule has 0 N–H and O–H groups in total. The Morgan fingerprint density at radius 2 is 1.48 bits per heavy atom. The van der Waals surface area contributed by atoms with Crippen LogP contribution in [0.1, 0.15) is 25.3 Å². The first-order valence-corrected chi connectivity index (χ1v) is 8.54. The van der Waals surface area contributed by atoms with Crippen molar-refractivity contribution in [3.05, 3.63) is 48.0 Å². The molecule has 0 radical (unpaired) electrons. The van der Waals surface area contributed by atoms with Gasteiger partial charge in [0.25, 0.3) is 0 Å². The smallest absolute Gasteiger partial charge is 0.343 e. The highest BCUT2D eigenvalue weighted by molar-refractivity contribution is 7.87. The van der Waals surface area contributed by atoms with E-state index in [1.165, 1.54) is 26.4 Å². The fourth-order valence-corrected chi connectivity index (χ4v) is 3.17. The zero-order valence-electron chi connectivity index (χ0n) is 13.6. The van der Waals surface area contributed by atoms with Crippen molar-refractivity contribution in [3.63, 3.8) is 0 Å². The highest BCUT2D eigenvalue weighted by atomic mass is 32.2. The van der Waals surface area contributed by atoms with Gasteiger partial charge in [0.15, 0.2) is 4.90 Å². The summed E-state index contributed by atoms with van der Waals surface area (Å²) in [5.74, 6) is 1.21. The Balaban J connectivity index is 2.35. The van der Waals surface area contributed by atoms with E-state index in [1.54, 1.807) is 18.2 Å². The molecule has 0 bridgehead atoms. The van der Waals surface area contributed by atoms with Crippen molar-refractivity contribution < 1.29 is 22.1 Å². The van der Waals surface area contributed by atoms with Crippen LogP contribution in [0.2, 0.25) is 0 Å². The lowest BCUT2D eigenvalue weighted by molar-refractivity contribution is 0.388. The van der Waals surface area contributed by atoms with Gasteiger partial charge in [-0.05, 0) is 35.7 Å². The lowest BCUT2D eigenvalue weighted by Gasteiger charge is -2.12. The molecule has 0 amide bonds. The van der Waals surface area contributed by atoms with Gasteiger partial charge in [-0.1, -0.05) is 26.0 Å². The predicted octanol–water partition coefficient (Wildman–Crippen LogP) is 3.59. The second-order valence-electron chi connectivity index (χ2n) is 5.28. The van der Waals surface area contributed by atoms with Gasteiger partial charge in [0.2, 0.25) is 0 Å². The van der Waals surface area contributed by atoms with Crippen LogP contribution in [-0.4, -0.2) is 22.6 Å². The van der Waals surface area contributed by atoms with Gasteiger partial charge < -0.3 is 13.7 Å². The predicted molar refractivity (Wildman–Crippen MR) is 87.9 cm³/mol. The third-order valence-corrected chi connectivity index (χ3v) is 4.66. The van der Waals surface area contributed by atoms with Crippen molar-refractivity contribution in [3.8, 4) is 17.2 Å². The van der Waals surface area contributed by atoms with Crippen molar-refractivity contribution in [1.82, 2.24) is 0 Å². The van der Waals surface area contributed by atoms with E-state index < -0.39 is 10.1 Å². The minimum absolute atomic E-state index is 0.0766. The van der Waals surface area contributed by atoms with Crippen molar-refractivity contribution in [2.45, 2.75) is 24.7 Å². The maximum Gasteiger partial charge on any atom is 0.343 e. The molecular formula is C17H20O5S. The molecule has 2 aromatic carbocycles. The molecule has 0 fully saturated rings. The highest BCUT2D eigenvalue weighted by Gasteiger charge is 2.23. The second kappa shape index (κ2) is 6.91. The minimum Gasteiger partial charge on any atom is -0.497 e. The quantitative estimate of drug-likeness (QED) is 0.754. The monoisotopic (exact) mass is 336 g/mol. The summed E-state index contributed by atoms with van der Waals surface area (Å²) in [6.45, 7) is 4.13. The Hall–Kier alpha value is -2.21. The number of ether oxygens (including phenoxy) is 2. The summed E-state index contributed by atoms with van der Waals surface area (Å²) in [6, 6.07) is 11.5. The molecule has 2 aromatic rings. The molecule has 0 heterocycles. The third kappa shape index (κ3) is 3.96. The van der Waals surface area contributed by atoms with Gasteiger partial charge in [-0.2, -0.15) is 8.42 Å². The summed E-state index contributed by atoms with van der Waals surface area (Å²) in [5.41, 5.74) is 1.11. The molecule has 0 aliphatic heterocycles. The summed E-state index contributed by atoms with van der Waals surface area (Å²) >= 11 is 0. The van der Waals surface area contributed by atoms with E-state index in [0.717, 1.165) is 5.56 Å². The molecule has 124 valence electrons. The lowest BCUT2D eigenvalue weighted by atomic mass is 10.0. The Bertz CT molecular complexity index is 764. The van der Waals surface area contributed by atoms with E-state index in [9.17, 15) is 8.42 Å². The van der Waals surface area contributed by atoms with E-state index in [2.05, 4.69) is 13.8 Å². The summed E-state index contributed by atoms with van der Waals surface area (Å²) in [6.07, 6.45) is 0. The minimum atomic E-state index is -4.03. The van der Waals surface area contributed by atoms with Gasteiger partial charge in [0.05, 0.1) is 14.2 Å². The van der Waals surface area contributed by atoms with Crippen LogP contribution in [0, 0.1) is 0 Å². The Labute approximate surface area is 136 Å². The summed E-state index contributed by atoms with van der Waals surface area (Å²) < 4.78 is 40.4. The second-order valence-corrected chi connectivity index (χ2v) is 6.79. The van der Waals surface area contributed by atoms with Crippen LogP contribution in [0.4, 0.5) is 0 Å². The molecule has 0 aliphatic carbocycles. The molecule has 23 heavy (non-hydrogen) atoms. The van der Waals surface area contributed by atoms with Crippen LogP contribution < -0.4 is 13.7 Å². The highest BCUT2D eigenvalue weighted by Crippen LogP contribution is 2.30. The number of methoxy groups -OCH3 is 2. The van der Waals surface area contributed by atoms with E-state index in [4.69, 9.17) is 13.7 Å². The van der Waals surface area contributed by atoms with Gasteiger partial charge in [-0.3, -0.25) is 0 Å². The third-order valence-electron chi connectivity index (χ3n) is 3.39. The van der Waals surface area contributed by atoms with Crippen molar-refractivity contribution >= 4 is 10.1 Å². The largest absolute Gasteiger partial charge is 0.497 e. The number of hydrogen-bond acceptors (Lipinski definition) is 5. The number of rotatable bonds is 6. The van der Waals surface area contributed by atoms with Gasteiger partial charge in [-0.15, -0.1) is 0 Å². The standard InChI is InChI=1S/C17H20O5S/c1-12(2)13-5-7-14(8-6-13)22-23(18,19)17-11-15(20-3)9-10-16(17)21-4/h5-12H,1-4H3. The van der Waals surface area contributed by atoms with Crippen LogP contribution in [0.15, 0.2) is 47.4 Å². The van der Waals surface area contributed by atoms with Crippen molar-refractivity contribution in [2.24, 2.45) is 0 Å². The molecule has 0 saturated carbocycles. The zero-order chi connectivity index (χ0) is 17.0. The number of benzene rings is 2. The van der Waals surface area contributed by atoms with Crippen molar-refractivity contribution in [2.75, 3.05) is 14.2 Å². The normalized spacial score (nSPS) is 11.3. The maximum atomic E-state index is 12.5. The average molecular weight is 336 g/mol. The zero-order valence-corrected chi connectivity index (χ0v) is 14.4. The van der Waals surface area contributed by atoms with E-state index >= 15 is 0 Å². The molecule has 2 rings (SSSR count). The molecule has 0 unspecified atom stereocenters. The lowest BCUT2D eigenvalue weighted by Crippen LogP contribution is -2.11. The van der Waals surface area contributed by atoms with Crippen LogP contribution >= 0.6 is 0 Å². The maximum absolute atomic E-state index is 12.5. The van der Waals surface area contributed by atoms with Gasteiger partial charge >= 0.3 is 10.1 Å². The fourth-order valence-electron chi connectivity index (χ4n) is 2.06. The Morgan fingerprint density at radius 1 is 0.870 bits per heavy atom.